The van der Waals surface area contributed by atoms with Gasteiger partial charge >= 0.3 is 0 Å². The fraction of sp³-hybridized carbons (Fsp3) is 0.250. The molecule has 0 heterocycles. The highest BCUT2D eigenvalue weighted by atomic mass is 19.1. The van der Waals surface area contributed by atoms with Crippen LogP contribution in [0.1, 0.15) is 41.5 Å². The van der Waals surface area contributed by atoms with Crippen molar-refractivity contribution in [2.24, 2.45) is 0 Å². The third kappa shape index (κ3) is 4.21. The second-order valence-corrected chi connectivity index (χ2v) is 5.15. The van der Waals surface area contributed by atoms with Crippen molar-refractivity contribution < 1.29 is 4.39 Å². The zero-order valence-corrected chi connectivity index (χ0v) is 12.6. The van der Waals surface area contributed by atoms with Crippen molar-refractivity contribution in [2.45, 2.75) is 25.7 Å². The molecule has 2 aromatic rings. The van der Waals surface area contributed by atoms with Gasteiger partial charge in [-0.3, -0.25) is 0 Å². The van der Waals surface area contributed by atoms with Crippen LogP contribution in [-0.4, -0.2) is 6.67 Å². The molecule has 0 aliphatic heterocycles. The Hall–Kier alpha value is -2.58. The van der Waals surface area contributed by atoms with E-state index in [2.05, 4.69) is 30.9 Å². The molecule has 0 N–H and O–H groups in total. The van der Waals surface area contributed by atoms with Gasteiger partial charge in [-0.25, -0.2) is 4.39 Å². The van der Waals surface area contributed by atoms with Crippen LogP contribution in [0.2, 0.25) is 0 Å². The van der Waals surface area contributed by atoms with Crippen LogP contribution < -0.4 is 0 Å². The minimum atomic E-state index is -0.687. The molecule has 0 saturated carbocycles. The lowest BCUT2D eigenvalue weighted by atomic mass is 10.0. The zero-order chi connectivity index (χ0) is 15.8. The number of aryl methyl sites for hydroxylation is 1. The van der Waals surface area contributed by atoms with Crippen LogP contribution in [0, 0.1) is 23.2 Å². The molecule has 0 aliphatic carbocycles. The number of hydrogen-bond donors (Lipinski definition) is 0. The highest BCUT2D eigenvalue weighted by Gasteiger charge is 2.08. The number of benzene rings is 2. The van der Waals surface area contributed by atoms with E-state index in [-0.39, 0.29) is 0 Å². The Morgan fingerprint density at radius 1 is 0.955 bits per heavy atom. The summed E-state index contributed by atoms with van der Waals surface area (Å²) in [5, 5.41) is 8.84. The first-order chi connectivity index (χ1) is 10.8. The molecule has 2 heteroatoms. The molecule has 0 amide bonds. The fourth-order valence-electron chi connectivity index (χ4n) is 2.18. The number of alkyl halides is 1. The van der Waals surface area contributed by atoms with Crippen LogP contribution in [0.4, 0.5) is 4.39 Å². The van der Waals surface area contributed by atoms with E-state index in [9.17, 15) is 4.39 Å². The van der Waals surface area contributed by atoms with Crippen molar-refractivity contribution in [2.75, 3.05) is 6.67 Å². The summed E-state index contributed by atoms with van der Waals surface area (Å²) in [4.78, 5) is 0. The van der Waals surface area contributed by atoms with Crippen molar-refractivity contribution in [3.05, 3.63) is 70.8 Å². The van der Waals surface area contributed by atoms with Gasteiger partial charge in [0.1, 0.15) is 6.67 Å². The van der Waals surface area contributed by atoms with Crippen molar-refractivity contribution in [1.82, 2.24) is 0 Å². The molecule has 0 fully saturated rings. The molecule has 1 nitrogen and oxygen atoms in total. The summed E-state index contributed by atoms with van der Waals surface area (Å²) < 4.78 is 12.7. The van der Waals surface area contributed by atoms with Gasteiger partial charge in [-0.1, -0.05) is 49.5 Å². The van der Waals surface area contributed by atoms with Crippen LogP contribution in [0.15, 0.2) is 48.5 Å². The van der Waals surface area contributed by atoms with E-state index < -0.39 is 12.6 Å². The third-order valence-corrected chi connectivity index (χ3v) is 3.47. The van der Waals surface area contributed by atoms with E-state index in [0.29, 0.717) is 5.56 Å². The molecule has 110 valence electrons. The van der Waals surface area contributed by atoms with E-state index in [1.807, 2.05) is 30.3 Å². The van der Waals surface area contributed by atoms with E-state index in [1.54, 1.807) is 12.1 Å². The predicted octanol–water partition coefficient (Wildman–Crippen LogP) is 4.62. The molecule has 1 atom stereocenters. The minimum Gasteiger partial charge on any atom is -0.249 e. The second kappa shape index (κ2) is 8.01. The molecule has 0 aliphatic rings. The molecule has 0 saturated heterocycles. The van der Waals surface area contributed by atoms with Gasteiger partial charge in [-0.15, -0.1) is 0 Å². The van der Waals surface area contributed by atoms with Gasteiger partial charge in [0.05, 0.1) is 12.0 Å². The summed E-state index contributed by atoms with van der Waals surface area (Å²) >= 11 is 0. The molecule has 0 bridgehead atoms. The van der Waals surface area contributed by atoms with Gasteiger partial charge in [-0.2, -0.15) is 5.26 Å². The lowest BCUT2D eigenvalue weighted by molar-refractivity contribution is 0.471. The number of nitrogens with zero attached hydrogens (tertiary/aromatic N) is 1. The smallest absolute Gasteiger partial charge is 0.109 e. The summed E-state index contributed by atoms with van der Waals surface area (Å²) in [6, 6.07) is 17.4. The van der Waals surface area contributed by atoms with Gasteiger partial charge in [0.2, 0.25) is 0 Å². The molecule has 1 unspecified atom stereocenters. The van der Waals surface area contributed by atoms with E-state index in [0.717, 1.165) is 24.0 Å². The molecule has 22 heavy (non-hydrogen) atoms. The average molecular weight is 291 g/mol. The van der Waals surface area contributed by atoms with E-state index >= 15 is 0 Å². The topological polar surface area (TPSA) is 23.8 Å². The highest BCUT2D eigenvalue weighted by molar-refractivity contribution is 5.44. The maximum Gasteiger partial charge on any atom is 0.109 e. The molecular formula is C20H18FN. The Bertz CT molecular complexity index is 697. The van der Waals surface area contributed by atoms with Gasteiger partial charge < -0.3 is 0 Å². The quantitative estimate of drug-likeness (QED) is 0.754. The third-order valence-electron chi connectivity index (χ3n) is 3.47. The Morgan fingerprint density at radius 2 is 1.50 bits per heavy atom. The summed E-state index contributed by atoms with van der Waals surface area (Å²) in [5.74, 6) is 5.52. The molecular weight excluding hydrogens is 273 g/mol. The second-order valence-electron chi connectivity index (χ2n) is 5.15. The molecule has 0 aromatic heterocycles. The molecule has 0 radical (unpaired) electrons. The summed E-state index contributed by atoms with van der Waals surface area (Å²) in [5.41, 5.74) is 3.85. The van der Waals surface area contributed by atoms with Crippen molar-refractivity contribution >= 4 is 0 Å². The summed E-state index contributed by atoms with van der Waals surface area (Å²) in [7, 11) is 0. The first kappa shape index (κ1) is 15.8. The zero-order valence-electron chi connectivity index (χ0n) is 12.6. The normalized spacial score (nSPS) is 11.1. The van der Waals surface area contributed by atoms with Crippen LogP contribution in [-0.2, 0) is 6.42 Å². The summed E-state index contributed by atoms with van der Waals surface area (Å²) in [6.45, 7) is 1.50. The first-order valence-corrected chi connectivity index (χ1v) is 7.43. The van der Waals surface area contributed by atoms with Gasteiger partial charge in [-0.05, 0) is 41.8 Å². The number of halogens is 1. The monoisotopic (exact) mass is 291 g/mol. The van der Waals surface area contributed by atoms with Gasteiger partial charge in [0, 0.05) is 11.1 Å². The predicted molar refractivity (Wildman–Crippen MR) is 87.2 cm³/mol. The van der Waals surface area contributed by atoms with Crippen LogP contribution in [0.3, 0.4) is 0 Å². The van der Waals surface area contributed by atoms with Crippen molar-refractivity contribution in [3.63, 3.8) is 0 Å². The maximum absolute atomic E-state index is 12.7. The lowest BCUT2D eigenvalue weighted by Crippen LogP contribution is -1.97. The van der Waals surface area contributed by atoms with E-state index in [4.69, 9.17) is 5.26 Å². The molecule has 2 rings (SSSR count). The van der Waals surface area contributed by atoms with Crippen LogP contribution in [0.25, 0.3) is 0 Å². The van der Waals surface area contributed by atoms with Crippen molar-refractivity contribution in [1.29, 1.82) is 5.26 Å². The first-order valence-electron chi connectivity index (χ1n) is 7.43. The van der Waals surface area contributed by atoms with Crippen molar-refractivity contribution in [3.8, 4) is 17.9 Å². The minimum absolute atomic E-state index is 0.661. The average Bonchev–Trinajstić information content (AvgIpc) is 2.57. The van der Waals surface area contributed by atoms with Crippen LogP contribution in [0.5, 0.6) is 0 Å². The number of rotatable bonds is 4. The molecule has 2 aromatic carbocycles. The lowest BCUT2D eigenvalue weighted by Gasteiger charge is -2.03. The number of hydrogen-bond acceptors (Lipinski definition) is 1. The summed E-state index contributed by atoms with van der Waals surface area (Å²) in [6.07, 6.45) is 2.23. The number of nitriles is 1. The Labute approximate surface area is 131 Å². The Morgan fingerprint density at radius 3 is 1.95 bits per heavy atom. The van der Waals surface area contributed by atoms with E-state index in [1.165, 1.54) is 5.56 Å². The van der Waals surface area contributed by atoms with Crippen LogP contribution >= 0.6 is 0 Å². The van der Waals surface area contributed by atoms with Gasteiger partial charge in [0.15, 0.2) is 0 Å². The molecule has 0 spiro atoms. The Kier molecular flexibility index (Phi) is 5.75. The highest BCUT2D eigenvalue weighted by Crippen LogP contribution is 2.16. The Balaban J connectivity index is 2.10. The standard InChI is InChI=1S/C20H18FN/c1-2-3-16-4-6-17(7-5-16)8-9-18-10-12-19(13-11-18)20(14-21)15-22/h4-7,10-13,20H,2-3,14H2,1H3. The van der Waals surface area contributed by atoms with Gasteiger partial charge in [0.25, 0.3) is 0 Å². The largest absolute Gasteiger partial charge is 0.249 e. The SMILES string of the molecule is CCCc1ccc(C#Cc2ccc(C(C#N)CF)cc2)cc1. The maximum atomic E-state index is 12.7. The fourth-order valence-corrected chi connectivity index (χ4v) is 2.18.